The molecule has 6 aliphatic rings. The van der Waals surface area contributed by atoms with Crippen LogP contribution >= 0.6 is 0 Å². The van der Waals surface area contributed by atoms with Gasteiger partial charge >= 0.3 is 0 Å². The molecule has 10 unspecified atom stereocenters. The van der Waals surface area contributed by atoms with Gasteiger partial charge < -0.3 is 0 Å². The van der Waals surface area contributed by atoms with E-state index in [-0.39, 0.29) is 0 Å². The lowest BCUT2D eigenvalue weighted by Gasteiger charge is -2.50. The van der Waals surface area contributed by atoms with Crippen LogP contribution in [0.2, 0.25) is 17.6 Å². The lowest BCUT2D eigenvalue weighted by molar-refractivity contribution is 0.119. The van der Waals surface area contributed by atoms with Gasteiger partial charge in [0.25, 0.3) is 0 Å². The minimum Gasteiger partial charge on any atom is -0.0716 e. The van der Waals surface area contributed by atoms with Gasteiger partial charge in [-0.3, -0.25) is 0 Å². The Bertz CT molecular complexity index is 482. The van der Waals surface area contributed by atoms with Crippen LogP contribution in [0.3, 0.4) is 0 Å². The summed E-state index contributed by atoms with van der Waals surface area (Å²) in [5.41, 5.74) is 2.51. The first-order valence-electron chi connectivity index (χ1n) is 12.8. The Kier molecular flexibility index (Phi) is 4.36. The summed E-state index contributed by atoms with van der Waals surface area (Å²) >= 11 is 0. The molecular weight excluding hydrogens is 328 g/mol. The normalized spacial score (nSPS) is 56.7. The smallest absolute Gasteiger partial charge is 0.0405 e. The summed E-state index contributed by atoms with van der Waals surface area (Å²) in [6.07, 6.45) is 22.8. The van der Waals surface area contributed by atoms with Crippen LogP contribution in [0.4, 0.5) is 0 Å². The van der Waals surface area contributed by atoms with Gasteiger partial charge in [-0.25, -0.2) is 0 Å². The van der Waals surface area contributed by atoms with E-state index in [9.17, 15) is 0 Å². The van der Waals surface area contributed by atoms with Crippen LogP contribution in [0.1, 0.15) is 89.9 Å². The lowest BCUT2D eigenvalue weighted by Crippen LogP contribution is -2.44. The minimum atomic E-state index is -0.617. The molecule has 0 saturated heterocycles. The Labute approximate surface area is 163 Å². The molecule has 0 aliphatic heterocycles. The zero-order valence-electron chi connectivity index (χ0n) is 17.3. The van der Waals surface area contributed by atoms with Crippen LogP contribution in [-0.4, -0.2) is 8.80 Å². The van der Waals surface area contributed by atoms with Crippen molar-refractivity contribution in [1.82, 2.24) is 0 Å². The van der Waals surface area contributed by atoms with Crippen molar-refractivity contribution < 1.29 is 0 Å². The standard InChI is InChI=1S/C25H42Si/c1-26(24-14-16-6-2-8-18(16)20-10-4-12-22(20)24)25-15-17-7-3-9-19(17)21-11-5-13-23(21)25/h16-26H,2-15H2,1H3. The van der Waals surface area contributed by atoms with Crippen molar-refractivity contribution >= 4 is 8.80 Å². The average Bonchev–Trinajstić information content (AvgIpc) is 3.44. The minimum absolute atomic E-state index is 0.617. The van der Waals surface area contributed by atoms with E-state index in [0.29, 0.717) is 0 Å². The molecular formula is C25H42Si. The molecule has 0 aromatic rings. The van der Waals surface area contributed by atoms with E-state index in [4.69, 9.17) is 0 Å². The molecule has 0 aromatic heterocycles. The summed E-state index contributed by atoms with van der Waals surface area (Å²) in [6, 6.07) is 0. The molecule has 10 atom stereocenters. The summed E-state index contributed by atoms with van der Waals surface area (Å²) in [6.45, 7) is 2.91. The van der Waals surface area contributed by atoms with Crippen molar-refractivity contribution in [3.05, 3.63) is 0 Å². The zero-order valence-corrected chi connectivity index (χ0v) is 18.4. The first-order valence-corrected chi connectivity index (χ1v) is 15.3. The molecule has 0 aromatic carbocycles. The number of hydrogen-bond acceptors (Lipinski definition) is 0. The molecule has 6 saturated carbocycles. The van der Waals surface area contributed by atoms with Crippen LogP contribution in [0.25, 0.3) is 0 Å². The largest absolute Gasteiger partial charge is 0.0716 e. The zero-order chi connectivity index (χ0) is 17.3. The van der Waals surface area contributed by atoms with Gasteiger partial charge in [0.05, 0.1) is 0 Å². The highest BCUT2D eigenvalue weighted by atomic mass is 28.3. The van der Waals surface area contributed by atoms with E-state index in [2.05, 4.69) is 6.55 Å². The van der Waals surface area contributed by atoms with Crippen LogP contribution in [0, 0.1) is 47.3 Å². The lowest BCUT2D eigenvalue weighted by atomic mass is 9.68. The number of fused-ring (bicyclic) bond motifs is 6. The Morgan fingerprint density at radius 1 is 0.462 bits per heavy atom. The van der Waals surface area contributed by atoms with Crippen molar-refractivity contribution in [2.24, 2.45) is 47.3 Å². The van der Waals surface area contributed by atoms with Gasteiger partial charge in [-0.1, -0.05) is 57.9 Å². The van der Waals surface area contributed by atoms with Crippen LogP contribution < -0.4 is 0 Å². The fourth-order valence-electron chi connectivity index (χ4n) is 10.6. The van der Waals surface area contributed by atoms with E-state index in [1.54, 1.807) is 89.9 Å². The quantitative estimate of drug-likeness (QED) is 0.456. The number of rotatable bonds is 2. The molecule has 146 valence electrons. The molecule has 0 heterocycles. The molecule has 0 radical (unpaired) electrons. The third-order valence-electron chi connectivity index (χ3n) is 11.4. The van der Waals surface area contributed by atoms with Gasteiger partial charge in [0.1, 0.15) is 0 Å². The third kappa shape index (κ3) is 2.50. The van der Waals surface area contributed by atoms with Crippen molar-refractivity contribution in [2.75, 3.05) is 0 Å². The van der Waals surface area contributed by atoms with Gasteiger partial charge in [-0.15, -0.1) is 0 Å². The molecule has 0 amide bonds. The molecule has 0 nitrogen and oxygen atoms in total. The summed E-state index contributed by atoms with van der Waals surface area (Å²) in [5, 5.41) is 0. The van der Waals surface area contributed by atoms with Crippen molar-refractivity contribution in [1.29, 1.82) is 0 Å². The summed E-state index contributed by atoms with van der Waals surface area (Å²) in [4.78, 5) is 0. The molecule has 0 bridgehead atoms. The Hall–Kier alpha value is 0.217. The molecule has 6 rings (SSSR count). The van der Waals surface area contributed by atoms with E-state index in [1.165, 1.54) is 58.4 Å². The van der Waals surface area contributed by atoms with Crippen molar-refractivity contribution in [2.45, 2.75) is 108 Å². The SMILES string of the molecule is C[SiH](C1CC2CCCC2C2CCCC21)C1CC2CCCC2C2CCCC21. The molecule has 0 spiro atoms. The van der Waals surface area contributed by atoms with Crippen molar-refractivity contribution in [3.8, 4) is 0 Å². The maximum atomic E-state index is 2.91. The second-order valence-electron chi connectivity index (χ2n) is 11.9. The average molecular weight is 371 g/mol. The summed E-state index contributed by atoms with van der Waals surface area (Å²) in [5.74, 6) is 9.52. The van der Waals surface area contributed by atoms with Crippen LogP contribution in [0.15, 0.2) is 0 Å². The molecule has 26 heavy (non-hydrogen) atoms. The first kappa shape index (κ1) is 17.1. The molecule has 1 heteroatoms. The van der Waals surface area contributed by atoms with Crippen LogP contribution in [-0.2, 0) is 0 Å². The predicted octanol–water partition coefficient (Wildman–Crippen LogP) is 7.06. The second-order valence-corrected chi connectivity index (χ2v) is 15.3. The molecule has 6 aliphatic carbocycles. The Morgan fingerprint density at radius 3 is 1.35 bits per heavy atom. The maximum absolute atomic E-state index is 2.91. The Morgan fingerprint density at radius 2 is 0.846 bits per heavy atom. The van der Waals surface area contributed by atoms with Gasteiger partial charge in [0.2, 0.25) is 0 Å². The van der Waals surface area contributed by atoms with E-state index >= 15 is 0 Å². The van der Waals surface area contributed by atoms with E-state index in [1.807, 2.05) is 0 Å². The highest BCUT2D eigenvalue weighted by Gasteiger charge is 2.54. The monoisotopic (exact) mass is 370 g/mol. The van der Waals surface area contributed by atoms with Gasteiger partial charge in [0.15, 0.2) is 0 Å². The third-order valence-corrected chi connectivity index (χ3v) is 15.6. The number of hydrogen-bond donors (Lipinski definition) is 0. The molecule has 0 N–H and O–H groups in total. The van der Waals surface area contributed by atoms with E-state index in [0.717, 1.165) is 0 Å². The summed E-state index contributed by atoms with van der Waals surface area (Å²) < 4.78 is 0. The fraction of sp³-hybridized carbons (Fsp3) is 1.00. The Balaban J connectivity index is 1.26. The maximum Gasteiger partial charge on any atom is 0.0405 e. The fourth-order valence-corrected chi connectivity index (χ4v) is 15.3. The molecule has 6 fully saturated rings. The first-order chi connectivity index (χ1) is 12.8. The van der Waals surface area contributed by atoms with Gasteiger partial charge in [-0.2, -0.15) is 0 Å². The second kappa shape index (κ2) is 6.63. The highest BCUT2D eigenvalue weighted by Crippen LogP contribution is 2.63. The van der Waals surface area contributed by atoms with Gasteiger partial charge in [-0.05, 0) is 97.0 Å². The van der Waals surface area contributed by atoms with Crippen LogP contribution in [0.5, 0.6) is 0 Å². The summed E-state index contributed by atoms with van der Waals surface area (Å²) in [7, 11) is -0.617. The predicted molar refractivity (Wildman–Crippen MR) is 113 cm³/mol. The van der Waals surface area contributed by atoms with E-state index < -0.39 is 8.80 Å². The topological polar surface area (TPSA) is 0 Å². The highest BCUT2D eigenvalue weighted by molar-refractivity contribution is 6.61. The van der Waals surface area contributed by atoms with Gasteiger partial charge in [0, 0.05) is 8.80 Å². The van der Waals surface area contributed by atoms with Crippen molar-refractivity contribution in [3.63, 3.8) is 0 Å².